The fraction of sp³-hybridized carbons (Fsp3) is 0.425. The molecule has 4 fully saturated rings. The number of hydrogen-bond donors (Lipinski definition) is 1. The maximum Gasteiger partial charge on any atom is 0.242 e. The topological polar surface area (TPSA) is 113 Å². The second kappa shape index (κ2) is 12.0. The van der Waals surface area contributed by atoms with Crippen LogP contribution in [0.3, 0.4) is 0 Å². The summed E-state index contributed by atoms with van der Waals surface area (Å²) in [6.07, 6.45) is 7.40. The van der Waals surface area contributed by atoms with Gasteiger partial charge in [0.2, 0.25) is 23.6 Å². The standard InChI is InChI=1S/C40H38Cl2N4O5S/c1-19-26-15-20(41)9-14-31(26)52-35(19)30-18-32(44(3)43-30)46-37(49)28-17-27-23(34(40(28,2)39(46)51)24-11-10-22(47)16-29(24)42)12-13-25-33(27)38(50)45(36(25)48)21-7-5-4-6-8-21/h9-12,14-16,18,21,25,27-28,33-34,47H,4-8,13,17H2,1-3H3. The average molecular weight is 758 g/mol. The lowest BCUT2D eigenvalue weighted by Crippen LogP contribution is -2.49. The van der Waals surface area contributed by atoms with Crippen LogP contribution in [0.25, 0.3) is 20.7 Å². The van der Waals surface area contributed by atoms with E-state index < -0.39 is 35.0 Å². The minimum absolute atomic E-state index is 0.0168. The second-order valence-corrected chi connectivity index (χ2v) is 17.3. The van der Waals surface area contributed by atoms with Gasteiger partial charge in [-0.3, -0.25) is 28.8 Å². The molecule has 12 heteroatoms. The third kappa shape index (κ3) is 4.69. The lowest BCUT2D eigenvalue weighted by Gasteiger charge is -2.49. The largest absolute Gasteiger partial charge is 0.508 e. The molecular weight excluding hydrogens is 719 g/mol. The summed E-state index contributed by atoms with van der Waals surface area (Å²) in [7, 11) is 1.73. The van der Waals surface area contributed by atoms with Crippen LogP contribution >= 0.6 is 34.5 Å². The minimum atomic E-state index is -1.27. The van der Waals surface area contributed by atoms with Crippen molar-refractivity contribution in [2.75, 3.05) is 4.90 Å². The number of aryl methyl sites for hydroxylation is 2. The van der Waals surface area contributed by atoms with E-state index in [1.165, 1.54) is 17.0 Å². The Bertz CT molecular complexity index is 2270. The van der Waals surface area contributed by atoms with E-state index in [0.717, 1.165) is 58.2 Å². The number of aromatic nitrogens is 2. The molecule has 9 nitrogen and oxygen atoms in total. The predicted molar refractivity (Wildman–Crippen MR) is 200 cm³/mol. The summed E-state index contributed by atoms with van der Waals surface area (Å²) in [4.78, 5) is 62.0. The summed E-state index contributed by atoms with van der Waals surface area (Å²) in [5.74, 6) is -3.64. The molecule has 6 unspecified atom stereocenters. The van der Waals surface area contributed by atoms with Gasteiger partial charge in [-0.2, -0.15) is 5.10 Å². The van der Waals surface area contributed by atoms with E-state index in [4.69, 9.17) is 28.3 Å². The predicted octanol–water partition coefficient (Wildman–Crippen LogP) is 8.19. The summed E-state index contributed by atoms with van der Waals surface area (Å²) in [5.41, 5.74) is 1.86. The van der Waals surface area contributed by atoms with E-state index in [0.29, 0.717) is 28.5 Å². The van der Waals surface area contributed by atoms with Crippen LogP contribution in [0.15, 0.2) is 54.1 Å². The summed E-state index contributed by atoms with van der Waals surface area (Å²) in [6.45, 7) is 3.85. The van der Waals surface area contributed by atoms with Gasteiger partial charge >= 0.3 is 0 Å². The van der Waals surface area contributed by atoms with Gasteiger partial charge in [0.15, 0.2) is 0 Å². The average Bonchev–Trinajstić information content (AvgIpc) is 3.79. The van der Waals surface area contributed by atoms with Gasteiger partial charge in [-0.25, -0.2) is 4.90 Å². The van der Waals surface area contributed by atoms with Crippen molar-refractivity contribution in [3.63, 3.8) is 0 Å². The van der Waals surface area contributed by atoms with Gasteiger partial charge in [-0.05, 0) is 92.3 Å². The molecule has 2 aromatic carbocycles. The van der Waals surface area contributed by atoms with Crippen LogP contribution < -0.4 is 4.90 Å². The van der Waals surface area contributed by atoms with Crippen molar-refractivity contribution in [3.8, 4) is 16.3 Å². The molecule has 0 bridgehead atoms. The molecule has 268 valence electrons. The van der Waals surface area contributed by atoms with Gasteiger partial charge in [-0.15, -0.1) is 11.3 Å². The van der Waals surface area contributed by atoms with Gasteiger partial charge in [0.25, 0.3) is 0 Å². The highest BCUT2D eigenvalue weighted by Crippen LogP contribution is 2.64. The number of carbonyl (C=O) groups is 4. The van der Waals surface area contributed by atoms with E-state index in [2.05, 4.69) is 0 Å². The number of carbonyl (C=O) groups excluding carboxylic acids is 4. The number of anilines is 1. The highest BCUT2D eigenvalue weighted by molar-refractivity contribution is 7.22. The van der Waals surface area contributed by atoms with E-state index >= 15 is 4.79 Å². The van der Waals surface area contributed by atoms with Crippen LogP contribution in [-0.4, -0.2) is 49.5 Å². The van der Waals surface area contributed by atoms with Crippen LogP contribution in [0.1, 0.15) is 68.9 Å². The Labute approximate surface area is 315 Å². The molecule has 0 radical (unpaired) electrons. The number of imide groups is 2. The van der Waals surface area contributed by atoms with Crippen molar-refractivity contribution < 1.29 is 24.3 Å². The summed E-state index contributed by atoms with van der Waals surface area (Å²) in [6, 6.07) is 12.2. The molecule has 2 saturated carbocycles. The Balaban J connectivity index is 1.15. The van der Waals surface area contributed by atoms with Crippen molar-refractivity contribution in [1.82, 2.24) is 14.7 Å². The van der Waals surface area contributed by atoms with Gasteiger partial charge in [-0.1, -0.05) is 60.2 Å². The Morgan fingerprint density at radius 2 is 1.71 bits per heavy atom. The van der Waals surface area contributed by atoms with Crippen LogP contribution in [0, 0.1) is 36.0 Å². The first-order chi connectivity index (χ1) is 24.9. The number of thiophene rings is 1. The molecule has 3 aliphatic carbocycles. The third-order valence-electron chi connectivity index (χ3n) is 12.8. The number of rotatable bonds is 4. The number of benzene rings is 2. The zero-order valence-electron chi connectivity index (χ0n) is 29.1. The Kier molecular flexibility index (Phi) is 7.81. The highest BCUT2D eigenvalue weighted by Gasteiger charge is 2.68. The molecular formula is C40H38Cl2N4O5S. The van der Waals surface area contributed by atoms with Gasteiger partial charge < -0.3 is 5.11 Å². The van der Waals surface area contributed by atoms with Crippen LogP contribution in [0.4, 0.5) is 5.82 Å². The highest BCUT2D eigenvalue weighted by atomic mass is 35.5. The molecule has 2 saturated heterocycles. The molecule has 4 aromatic rings. The van der Waals surface area contributed by atoms with E-state index in [9.17, 15) is 19.5 Å². The Morgan fingerprint density at radius 3 is 2.46 bits per heavy atom. The first-order valence-electron chi connectivity index (χ1n) is 18.1. The lowest BCUT2D eigenvalue weighted by molar-refractivity contribution is -0.144. The van der Waals surface area contributed by atoms with Crippen LogP contribution in [-0.2, 0) is 26.2 Å². The van der Waals surface area contributed by atoms with E-state index in [1.807, 2.05) is 38.1 Å². The number of likely N-dealkylation sites (tertiary alicyclic amines) is 1. The summed E-state index contributed by atoms with van der Waals surface area (Å²) < 4.78 is 2.63. The normalized spacial score (nSPS) is 29.2. The molecule has 4 amide bonds. The van der Waals surface area contributed by atoms with Gasteiger partial charge in [0.1, 0.15) is 17.3 Å². The van der Waals surface area contributed by atoms with Gasteiger partial charge in [0.05, 0.1) is 28.0 Å². The molecule has 0 spiro atoms. The summed E-state index contributed by atoms with van der Waals surface area (Å²) >= 11 is 14.8. The number of nitrogens with zero attached hydrogens (tertiary/aromatic N) is 4. The number of allylic oxidation sites excluding steroid dienone is 2. The van der Waals surface area contributed by atoms with E-state index in [1.54, 1.807) is 40.1 Å². The molecule has 5 aliphatic rings. The Hall–Kier alpha value is -3.99. The van der Waals surface area contributed by atoms with Crippen molar-refractivity contribution in [2.45, 2.75) is 70.8 Å². The number of halogens is 2. The summed E-state index contributed by atoms with van der Waals surface area (Å²) in [5, 5.41) is 17.1. The monoisotopic (exact) mass is 756 g/mol. The number of aromatic hydroxyl groups is 1. The molecule has 52 heavy (non-hydrogen) atoms. The third-order valence-corrected chi connectivity index (χ3v) is 14.6. The molecule has 9 rings (SSSR count). The first kappa shape index (κ1) is 33.8. The van der Waals surface area contributed by atoms with Crippen molar-refractivity contribution >= 4 is 74.1 Å². The maximum absolute atomic E-state index is 15.1. The maximum atomic E-state index is 15.1. The molecule has 4 heterocycles. The van der Waals surface area contributed by atoms with Crippen molar-refractivity contribution in [3.05, 3.63) is 75.3 Å². The fourth-order valence-electron chi connectivity index (χ4n) is 10.3. The molecule has 1 N–H and O–H groups in total. The lowest BCUT2D eigenvalue weighted by atomic mass is 9.51. The van der Waals surface area contributed by atoms with Crippen LogP contribution in [0.2, 0.25) is 10.0 Å². The SMILES string of the molecule is Cc1c(-c2cc(N3C(=O)C4CC5C(=CCC6C(=O)N(C7CCCCC7)C(=O)C65)C(c5ccc(O)cc5Cl)C4(C)C3=O)n(C)n2)sc2ccc(Cl)cc12. The van der Waals surface area contributed by atoms with Crippen molar-refractivity contribution in [1.29, 1.82) is 0 Å². The smallest absolute Gasteiger partial charge is 0.242 e. The first-order valence-corrected chi connectivity index (χ1v) is 19.6. The Morgan fingerprint density at radius 1 is 0.942 bits per heavy atom. The van der Waals surface area contributed by atoms with Crippen molar-refractivity contribution in [2.24, 2.45) is 36.1 Å². The van der Waals surface area contributed by atoms with Crippen LogP contribution in [0.5, 0.6) is 5.75 Å². The zero-order chi connectivity index (χ0) is 36.4. The minimum Gasteiger partial charge on any atom is -0.508 e. The number of fused-ring (bicyclic) bond motifs is 5. The number of phenolic OH excluding ortho intramolecular Hbond substituents is 1. The number of hydrogen-bond acceptors (Lipinski definition) is 7. The second-order valence-electron chi connectivity index (χ2n) is 15.4. The fourth-order valence-corrected chi connectivity index (χ4v) is 11.9. The molecule has 2 aromatic heterocycles. The molecule has 6 atom stereocenters. The molecule has 2 aliphatic heterocycles. The zero-order valence-corrected chi connectivity index (χ0v) is 31.4. The number of amides is 4. The quantitative estimate of drug-likeness (QED) is 0.166. The number of phenols is 1. The van der Waals surface area contributed by atoms with E-state index in [-0.39, 0.29) is 46.9 Å². The van der Waals surface area contributed by atoms with Gasteiger partial charge in [0, 0.05) is 39.8 Å².